The first-order chi connectivity index (χ1) is 14.7. The molecule has 2 rings (SSSR count). The van der Waals surface area contributed by atoms with Crippen LogP contribution in [0, 0.1) is 0 Å². The summed E-state index contributed by atoms with van der Waals surface area (Å²) < 4.78 is 80.5. The summed E-state index contributed by atoms with van der Waals surface area (Å²) in [4.78, 5) is 21.5. The van der Waals surface area contributed by atoms with E-state index >= 15 is 0 Å². The largest absolute Gasteiger partial charge is 0.480 e. The van der Waals surface area contributed by atoms with Crippen molar-refractivity contribution in [3.63, 3.8) is 0 Å². The fourth-order valence-electron chi connectivity index (χ4n) is 2.49. The van der Waals surface area contributed by atoms with Crippen LogP contribution in [0.3, 0.4) is 0 Å². The Bertz CT molecular complexity index is 918. The van der Waals surface area contributed by atoms with Crippen LogP contribution in [-0.4, -0.2) is 43.2 Å². The summed E-state index contributed by atoms with van der Waals surface area (Å²) in [7, 11) is 0. The highest BCUT2D eigenvalue weighted by Crippen LogP contribution is 2.29. The van der Waals surface area contributed by atoms with E-state index in [0.717, 1.165) is 21.5 Å². The molecule has 0 unspecified atom stereocenters. The van der Waals surface area contributed by atoms with E-state index in [-0.39, 0.29) is 18.8 Å². The number of hydrogen-bond acceptors (Lipinski definition) is 5. The fraction of sp³-hybridized carbons (Fsp3) is 0.556. The SMILES string of the molecule is CCOC(=O)Cn1nc(C(F)(F)F)cc1CC.CCc1cc(C(F)(F)F)nn1CC(=O)O. The molecular formula is C18H22F6N4O4. The molecule has 0 aromatic carbocycles. The van der Waals surface area contributed by atoms with Crippen molar-refractivity contribution >= 4 is 11.9 Å². The number of nitrogens with zero attached hydrogens (tertiary/aromatic N) is 4. The molecule has 0 bridgehead atoms. The van der Waals surface area contributed by atoms with Crippen LogP contribution >= 0.6 is 0 Å². The topological polar surface area (TPSA) is 99.2 Å². The number of aliphatic carboxylic acids is 1. The van der Waals surface area contributed by atoms with Crippen molar-refractivity contribution in [2.75, 3.05) is 6.61 Å². The molecule has 180 valence electrons. The third kappa shape index (κ3) is 7.89. The van der Waals surface area contributed by atoms with E-state index in [9.17, 15) is 35.9 Å². The predicted octanol–water partition coefficient (Wildman–Crippen LogP) is 3.58. The molecule has 2 heterocycles. The van der Waals surface area contributed by atoms with Gasteiger partial charge in [0.2, 0.25) is 0 Å². The Labute approximate surface area is 178 Å². The Morgan fingerprint density at radius 2 is 1.28 bits per heavy atom. The van der Waals surface area contributed by atoms with Crippen LogP contribution in [0.25, 0.3) is 0 Å². The van der Waals surface area contributed by atoms with E-state index in [1.165, 1.54) is 0 Å². The number of carboxylic acids is 1. The molecule has 0 aliphatic carbocycles. The minimum atomic E-state index is -4.53. The number of rotatable bonds is 7. The summed E-state index contributed by atoms with van der Waals surface area (Å²) in [5.74, 6) is -1.82. The molecule has 0 spiro atoms. The molecule has 1 N–H and O–H groups in total. The first-order valence-electron chi connectivity index (χ1n) is 9.38. The minimum absolute atomic E-state index is 0.188. The molecular weight excluding hydrogens is 450 g/mol. The van der Waals surface area contributed by atoms with Crippen LogP contribution in [0.5, 0.6) is 0 Å². The quantitative estimate of drug-likeness (QED) is 0.489. The number of ether oxygens (including phenoxy) is 1. The van der Waals surface area contributed by atoms with Gasteiger partial charge in [-0.1, -0.05) is 13.8 Å². The molecule has 0 aliphatic heterocycles. The molecule has 14 heteroatoms. The van der Waals surface area contributed by atoms with Gasteiger partial charge in [0.15, 0.2) is 11.4 Å². The maximum atomic E-state index is 12.4. The zero-order valence-corrected chi connectivity index (χ0v) is 17.4. The maximum Gasteiger partial charge on any atom is 0.435 e. The Morgan fingerprint density at radius 3 is 1.59 bits per heavy atom. The average molecular weight is 472 g/mol. The standard InChI is InChI=1S/C10H13F3N2O2.C8H9F3N2O2/c1-3-7-5-8(10(11,12)13)14-15(7)6-9(16)17-4-2;1-2-5-3-6(8(9,10)11)12-13(5)4-7(14)15/h5H,3-4,6H2,1-2H3;3H,2,4H2,1H3,(H,14,15). The molecule has 0 atom stereocenters. The molecule has 0 radical (unpaired) electrons. The van der Waals surface area contributed by atoms with Gasteiger partial charge in [-0.15, -0.1) is 0 Å². The summed E-state index contributed by atoms with van der Waals surface area (Å²) in [5, 5.41) is 15.0. The Hall–Kier alpha value is -3.06. The van der Waals surface area contributed by atoms with Gasteiger partial charge in [0.1, 0.15) is 13.1 Å². The van der Waals surface area contributed by atoms with Gasteiger partial charge in [-0.2, -0.15) is 36.5 Å². The lowest BCUT2D eigenvalue weighted by molar-refractivity contribution is -0.146. The van der Waals surface area contributed by atoms with Gasteiger partial charge in [0.05, 0.1) is 6.61 Å². The molecule has 0 amide bonds. The number of hydrogen-bond donors (Lipinski definition) is 1. The number of halogens is 6. The lowest BCUT2D eigenvalue weighted by atomic mass is 10.3. The number of esters is 1. The van der Waals surface area contributed by atoms with E-state index in [4.69, 9.17) is 5.11 Å². The van der Waals surface area contributed by atoms with Gasteiger partial charge >= 0.3 is 24.3 Å². The van der Waals surface area contributed by atoms with Gasteiger partial charge in [0.25, 0.3) is 0 Å². The van der Waals surface area contributed by atoms with Crippen molar-refractivity contribution in [3.8, 4) is 0 Å². The van der Waals surface area contributed by atoms with E-state index in [2.05, 4.69) is 14.9 Å². The van der Waals surface area contributed by atoms with Crippen LogP contribution in [0.1, 0.15) is 43.5 Å². The lowest BCUT2D eigenvalue weighted by Crippen LogP contribution is -2.17. The van der Waals surface area contributed by atoms with E-state index < -0.39 is 42.2 Å². The van der Waals surface area contributed by atoms with Crippen LogP contribution in [0.2, 0.25) is 0 Å². The second-order valence-corrected chi connectivity index (χ2v) is 6.26. The summed E-state index contributed by atoms with van der Waals surface area (Å²) in [6, 6.07) is 1.81. The number of carbonyl (C=O) groups excluding carboxylic acids is 1. The third-order valence-corrected chi connectivity index (χ3v) is 3.90. The lowest BCUT2D eigenvalue weighted by Gasteiger charge is -2.05. The molecule has 0 saturated carbocycles. The second kappa shape index (κ2) is 11.0. The molecule has 0 fully saturated rings. The van der Waals surface area contributed by atoms with Crippen molar-refractivity contribution in [2.24, 2.45) is 0 Å². The number of alkyl halides is 6. The van der Waals surface area contributed by atoms with Crippen LogP contribution in [0.15, 0.2) is 12.1 Å². The monoisotopic (exact) mass is 472 g/mol. The van der Waals surface area contributed by atoms with Crippen molar-refractivity contribution < 1.29 is 45.8 Å². The van der Waals surface area contributed by atoms with Crippen LogP contribution in [-0.2, 0) is 52.6 Å². The summed E-state index contributed by atoms with van der Waals surface area (Å²) in [6.07, 6.45) is -8.36. The number of aromatic nitrogens is 4. The highest BCUT2D eigenvalue weighted by atomic mass is 19.4. The molecule has 32 heavy (non-hydrogen) atoms. The summed E-state index contributed by atoms with van der Waals surface area (Å²) >= 11 is 0. The molecule has 0 aliphatic rings. The Morgan fingerprint density at radius 1 is 0.875 bits per heavy atom. The van der Waals surface area contributed by atoms with Gasteiger partial charge < -0.3 is 9.84 Å². The van der Waals surface area contributed by atoms with Crippen LogP contribution < -0.4 is 0 Å². The first-order valence-corrected chi connectivity index (χ1v) is 9.38. The number of aryl methyl sites for hydroxylation is 2. The zero-order chi connectivity index (χ0) is 24.7. The van der Waals surface area contributed by atoms with E-state index in [0.29, 0.717) is 18.5 Å². The highest BCUT2D eigenvalue weighted by molar-refractivity contribution is 5.69. The fourth-order valence-corrected chi connectivity index (χ4v) is 2.49. The number of carbonyl (C=O) groups is 2. The summed E-state index contributed by atoms with van der Waals surface area (Å²) in [5.41, 5.74) is -1.44. The smallest absolute Gasteiger partial charge is 0.435 e. The zero-order valence-electron chi connectivity index (χ0n) is 17.4. The van der Waals surface area contributed by atoms with Crippen molar-refractivity contribution in [2.45, 2.75) is 59.1 Å². The average Bonchev–Trinajstić information content (AvgIpc) is 3.25. The van der Waals surface area contributed by atoms with E-state index in [1.54, 1.807) is 20.8 Å². The Balaban J connectivity index is 0.000000323. The van der Waals surface area contributed by atoms with Gasteiger partial charge in [0, 0.05) is 11.4 Å². The van der Waals surface area contributed by atoms with Crippen LogP contribution in [0.4, 0.5) is 26.3 Å². The van der Waals surface area contributed by atoms with Gasteiger partial charge in [-0.3, -0.25) is 19.0 Å². The minimum Gasteiger partial charge on any atom is -0.480 e. The van der Waals surface area contributed by atoms with Gasteiger partial charge in [-0.05, 0) is 31.9 Å². The first kappa shape index (κ1) is 27.0. The second-order valence-electron chi connectivity index (χ2n) is 6.26. The van der Waals surface area contributed by atoms with Crippen molar-refractivity contribution in [1.29, 1.82) is 0 Å². The van der Waals surface area contributed by atoms with Crippen molar-refractivity contribution in [3.05, 3.63) is 34.9 Å². The van der Waals surface area contributed by atoms with Crippen molar-refractivity contribution in [1.82, 2.24) is 19.6 Å². The molecule has 8 nitrogen and oxygen atoms in total. The predicted molar refractivity (Wildman–Crippen MR) is 97.5 cm³/mol. The maximum absolute atomic E-state index is 12.4. The summed E-state index contributed by atoms with van der Waals surface area (Å²) in [6.45, 7) is 4.29. The third-order valence-electron chi connectivity index (χ3n) is 3.90. The Kier molecular flexibility index (Phi) is 9.27. The highest BCUT2D eigenvalue weighted by Gasteiger charge is 2.35. The molecule has 2 aromatic rings. The molecule has 0 saturated heterocycles. The normalized spacial score (nSPS) is 11.7. The number of carboxylic acid groups (broad SMARTS) is 1. The van der Waals surface area contributed by atoms with Gasteiger partial charge in [-0.25, -0.2) is 0 Å². The van der Waals surface area contributed by atoms with E-state index in [1.807, 2.05) is 0 Å². The molecule has 2 aromatic heterocycles.